The molecule has 20 heavy (non-hydrogen) atoms. The minimum atomic E-state index is -0.989. The molecule has 6 heteroatoms. The van der Waals surface area contributed by atoms with Crippen molar-refractivity contribution in [3.05, 3.63) is 23.9 Å². The first-order valence-electron chi connectivity index (χ1n) is 6.62. The third-order valence-corrected chi connectivity index (χ3v) is 3.24. The zero-order chi connectivity index (χ0) is 14.7. The van der Waals surface area contributed by atoms with E-state index in [-0.39, 0.29) is 12.5 Å². The molecule has 1 N–H and O–H groups in total. The summed E-state index contributed by atoms with van der Waals surface area (Å²) in [5.41, 5.74) is 0.428. The Morgan fingerprint density at radius 1 is 1.35 bits per heavy atom. The number of aromatic nitrogens is 1. The predicted molar refractivity (Wildman–Crippen MR) is 74.8 cm³/mol. The van der Waals surface area contributed by atoms with E-state index >= 15 is 0 Å². The van der Waals surface area contributed by atoms with Crippen LogP contribution in [0, 0.1) is 5.92 Å². The summed E-state index contributed by atoms with van der Waals surface area (Å²) >= 11 is 0. The molecule has 1 fully saturated rings. The van der Waals surface area contributed by atoms with Crippen molar-refractivity contribution in [2.24, 2.45) is 5.92 Å². The van der Waals surface area contributed by atoms with Crippen molar-refractivity contribution in [3.63, 3.8) is 0 Å². The zero-order valence-corrected chi connectivity index (χ0v) is 11.7. The van der Waals surface area contributed by atoms with Gasteiger partial charge in [-0.15, -0.1) is 0 Å². The van der Waals surface area contributed by atoms with E-state index in [4.69, 9.17) is 5.11 Å². The van der Waals surface area contributed by atoms with Crippen molar-refractivity contribution >= 4 is 17.7 Å². The van der Waals surface area contributed by atoms with E-state index in [0.717, 1.165) is 18.7 Å². The maximum absolute atomic E-state index is 12.3. The molecule has 1 amide bonds. The van der Waals surface area contributed by atoms with Crippen LogP contribution in [0.15, 0.2) is 18.3 Å². The van der Waals surface area contributed by atoms with Gasteiger partial charge in [0.15, 0.2) is 0 Å². The Morgan fingerprint density at radius 2 is 2.05 bits per heavy atom. The van der Waals surface area contributed by atoms with Gasteiger partial charge in [-0.3, -0.25) is 9.59 Å². The van der Waals surface area contributed by atoms with Crippen LogP contribution in [-0.4, -0.2) is 54.1 Å². The summed E-state index contributed by atoms with van der Waals surface area (Å²) in [5.74, 6) is -0.0465. The number of carbonyl (C=O) groups is 2. The van der Waals surface area contributed by atoms with Crippen LogP contribution in [0.25, 0.3) is 0 Å². The average molecular weight is 277 g/mol. The molecule has 0 saturated heterocycles. The molecule has 1 aromatic rings. The van der Waals surface area contributed by atoms with Crippen molar-refractivity contribution in [2.75, 3.05) is 32.1 Å². The Hall–Kier alpha value is -2.11. The lowest BCUT2D eigenvalue weighted by Gasteiger charge is -2.20. The molecule has 1 aromatic heterocycles. The first kappa shape index (κ1) is 14.3. The number of carbonyl (C=O) groups excluding carboxylic acids is 1. The summed E-state index contributed by atoms with van der Waals surface area (Å²) in [7, 11) is 3.74. The van der Waals surface area contributed by atoms with E-state index in [1.807, 2.05) is 19.0 Å². The molecule has 108 valence electrons. The molecule has 0 unspecified atom stereocenters. The summed E-state index contributed by atoms with van der Waals surface area (Å²) in [4.78, 5) is 30.6. The highest BCUT2D eigenvalue weighted by Gasteiger charge is 2.28. The molecular formula is C14H19N3O3. The number of aliphatic carboxylic acids is 1. The second-order valence-electron chi connectivity index (χ2n) is 5.32. The fourth-order valence-electron chi connectivity index (χ4n) is 1.95. The first-order chi connectivity index (χ1) is 9.47. The monoisotopic (exact) mass is 277 g/mol. The maximum Gasteiger partial charge on any atom is 0.323 e. The SMILES string of the molecule is CN(C)c1ccc(C(=O)N(CC(=O)O)CC2CC2)cn1. The Morgan fingerprint density at radius 3 is 2.50 bits per heavy atom. The molecule has 6 nitrogen and oxygen atoms in total. The molecule has 0 aliphatic heterocycles. The number of rotatable bonds is 6. The van der Waals surface area contributed by atoms with Crippen LogP contribution in [0.2, 0.25) is 0 Å². The molecule has 0 spiro atoms. The summed E-state index contributed by atoms with van der Waals surface area (Å²) in [6.45, 7) is 0.255. The molecule has 1 aliphatic rings. The van der Waals surface area contributed by atoms with Crippen LogP contribution >= 0.6 is 0 Å². The van der Waals surface area contributed by atoms with Crippen LogP contribution in [0.5, 0.6) is 0 Å². The van der Waals surface area contributed by atoms with E-state index in [9.17, 15) is 9.59 Å². The molecule has 1 aliphatic carbocycles. The highest BCUT2D eigenvalue weighted by molar-refractivity contribution is 5.95. The number of carboxylic acids is 1. The van der Waals surface area contributed by atoms with Gasteiger partial charge in [0.1, 0.15) is 12.4 Å². The Bertz CT molecular complexity index is 495. The topological polar surface area (TPSA) is 73.7 Å². The number of anilines is 1. The van der Waals surface area contributed by atoms with E-state index < -0.39 is 5.97 Å². The summed E-state index contributed by atoms with van der Waals surface area (Å²) in [5, 5.41) is 8.91. The fourth-order valence-corrected chi connectivity index (χ4v) is 1.95. The van der Waals surface area contributed by atoms with Gasteiger partial charge in [-0.1, -0.05) is 0 Å². The summed E-state index contributed by atoms with van der Waals surface area (Å²) in [6, 6.07) is 3.44. The van der Waals surface area contributed by atoms with Gasteiger partial charge in [0.2, 0.25) is 0 Å². The van der Waals surface area contributed by atoms with Crippen molar-refractivity contribution in [3.8, 4) is 0 Å². The number of hydrogen-bond acceptors (Lipinski definition) is 4. The third kappa shape index (κ3) is 3.69. The van der Waals surface area contributed by atoms with Crippen molar-refractivity contribution in [1.29, 1.82) is 0 Å². The number of nitrogens with zero attached hydrogens (tertiary/aromatic N) is 3. The van der Waals surface area contributed by atoms with Gasteiger partial charge in [-0.25, -0.2) is 4.98 Å². The van der Waals surface area contributed by atoms with E-state index in [2.05, 4.69) is 4.98 Å². The Labute approximate surface area is 118 Å². The molecule has 1 heterocycles. The normalized spacial score (nSPS) is 13.9. The number of amides is 1. The molecule has 0 bridgehead atoms. The van der Waals surface area contributed by atoms with Crippen LogP contribution < -0.4 is 4.90 Å². The Kier molecular flexibility index (Phi) is 4.22. The molecule has 0 radical (unpaired) electrons. The lowest BCUT2D eigenvalue weighted by molar-refractivity contribution is -0.137. The minimum Gasteiger partial charge on any atom is -0.480 e. The zero-order valence-electron chi connectivity index (χ0n) is 11.7. The molecule has 0 aromatic carbocycles. The van der Waals surface area contributed by atoms with Crippen LogP contribution in [0.1, 0.15) is 23.2 Å². The lowest BCUT2D eigenvalue weighted by Crippen LogP contribution is -2.37. The highest BCUT2D eigenvalue weighted by atomic mass is 16.4. The fraction of sp³-hybridized carbons (Fsp3) is 0.500. The smallest absolute Gasteiger partial charge is 0.323 e. The van der Waals surface area contributed by atoms with Gasteiger partial charge >= 0.3 is 5.97 Å². The third-order valence-electron chi connectivity index (χ3n) is 3.24. The minimum absolute atomic E-state index is 0.259. The van der Waals surface area contributed by atoms with Crippen molar-refractivity contribution in [2.45, 2.75) is 12.8 Å². The quantitative estimate of drug-likeness (QED) is 0.842. The Balaban J connectivity index is 2.10. The highest BCUT2D eigenvalue weighted by Crippen LogP contribution is 2.30. The van der Waals surface area contributed by atoms with Gasteiger partial charge < -0.3 is 14.9 Å². The van der Waals surface area contributed by atoms with Crippen molar-refractivity contribution in [1.82, 2.24) is 9.88 Å². The number of pyridine rings is 1. The standard InChI is InChI=1S/C14H19N3O3/c1-16(2)12-6-5-11(7-15-12)14(20)17(9-13(18)19)8-10-3-4-10/h5-7,10H,3-4,8-9H2,1-2H3,(H,18,19). The number of hydrogen-bond donors (Lipinski definition) is 1. The molecule has 1 saturated carbocycles. The molecule has 0 atom stereocenters. The lowest BCUT2D eigenvalue weighted by atomic mass is 10.2. The molecule has 2 rings (SSSR count). The van der Waals surface area contributed by atoms with Gasteiger partial charge in [-0.2, -0.15) is 0 Å². The summed E-state index contributed by atoms with van der Waals surface area (Å²) < 4.78 is 0. The van der Waals surface area contributed by atoms with Gasteiger partial charge in [0, 0.05) is 26.8 Å². The van der Waals surface area contributed by atoms with Crippen molar-refractivity contribution < 1.29 is 14.7 Å². The van der Waals surface area contributed by atoms with Gasteiger partial charge in [0.25, 0.3) is 5.91 Å². The maximum atomic E-state index is 12.3. The second-order valence-corrected chi connectivity index (χ2v) is 5.32. The predicted octanol–water partition coefficient (Wildman–Crippen LogP) is 1.08. The van der Waals surface area contributed by atoms with Crippen LogP contribution in [0.4, 0.5) is 5.82 Å². The molecular weight excluding hydrogens is 258 g/mol. The van der Waals surface area contributed by atoms with E-state index in [1.54, 1.807) is 12.1 Å². The van der Waals surface area contributed by atoms with Crippen LogP contribution in [0.3, 0.4) is 0 Å². The largest absolute Gasteiger partial charge is 0.480 e. The van der Waals surface area contributed by atoms with Gasteiger partial charge in [0.05, 0.1) is 5.56 Å². The number of carboxylic acid groups (broad SMARTS) is 1. The van der Waals surface area contributed by atoms with Gasteiger partial charge in [-0.05, 0) is 30.9 Å². The average Bonchev–Trinajstić information content (AvgIpc) is 3.20. The summed E-state index contributed by atoms with van der Waals surface area (Å²) in [6.07, 6.45) is 3.64. The van der Waals surface area contributed by atoms with E-state index in [1.165, 1.54) is 11.1 Å². The first-order valence-corrected chi connectivity index (χ1v) is 6.62. The van der Waals surface area contributed by atoms with E-state index in [0.29, 0.717) is 18.0 Å². The van der Waals surface area contributed by atoms with Crippen LogP contribution in [-0.2, 0) is 4.79 Å². The second kappa shape index (κ2) is 5.90.